The van der Waals surface area contributed by atoms with Gasteiger partial charge in [0.1, 0.15) is 5.82 Å². The molecule has 0 saturated carbocycles. The summed E-state index contributed by atoms with van der Waals surface area (Å²) < 4.78 is 22.5. The summed E-state index contributed by atoms with van der Waals surface area (Å²) in [6.07, 6.45) is 2.00. The van der Waals surface area contributed by atoms with Gasteiger partial charge in [0.05, 0.1) is 36.3 Å². The smallest absolute Gasteiger partial charge is 0.234 e. The molecule has 0 amide bonds. The second kappa shape index (κ2) is 7.39. The van der Waals surface area contributed by atoms with Gasteiger partial charge >= 0.3 is 0 Å². The second-order valence-corrected chi connectivity index (χ2v) is 7.61. The van der Waals surface area contributed by atoms with Crippen molar-refractivity contribution in [3.05, 3.63) is 53.4 Å². The summed E-state index contributed by atoms with van der Waals surface area (Å²) in [5, 5.41) is 3.30. The van der Waals surface area contributed by atoms with Gasteiger partial charge in [0.25, 0.3) is 0 Å². The zero-order chi connectivity index (χ0) is 19.8. The standard InChI is InChI=1S/C21H26FN5O/c1-13-7-14(2)27-18(10-24-21(27)25-13)9-23-17-5-6-20(19(22)8-17)26-11-15(3)28-16(4)12-26/h5-8,10,15-16,23H,9,11-12H2,1-4H3/t15-,16-/m1/s1. The average molecular weight is 383 g/mol. The highest BCUT2D eigenvalue weighted by Gasteiger charge is 2.24. The SMILES string of the molecule is Cc1cc(C)n2c(CNc3ccc(N4C[C@@H](C)O[C@H](C)C4)c(F)c3)cnc2n1. The summed E-state index contributed by atoms with van der Waals surface area (Å²) in [7, 11) is 0. The first-order valence-electron chi connectivity index (χ1n) is 9.65. The summed E-state index contributed by atoms with van der Waals surface area (Å²) >= 11 is 0. The Kier molecular flexibility index (Phi) is 4.93. The molecule has 2 aromatic heterocycles. The number of benzene rings is 1. The summed E-state index contributed by atoms with van der Waals surface area (Å²) in [5.41, 5.74) is 4.37. The highest BCUT2D eigenvalue weighted by atomic mass is 19.1. The molecule has 28 heavy (non-hydrogen) atoms. The van der Waals surface area contributed by atoms with E-state index in [4.69, 9.17) is 4.74 Å². The van der Waals surface area contributed by atoms with Gasteiger partial charge in [0.2, 0.25) is 5.78 Å². The van der Waals surface area contributed by atoms with Gasteiger partial charge in [0.15, 0.2) is 0 Å². The highest BCUT2D eigenvalue weighted by Crippen LogP contribution is 2.26. The van der Waals surface area contributed by atoms with Crippen LogP contribution in [0.15, 0.2) is 30.5 Å². The minimum Gasteiger partial charge on any atom is -0.379 e. The number of ether oxygens (including phenoxy) is 1. The van der Waals surface area contributed by atoms with E-state index in [-0.39, 0.29) is 18.0 Å². The third-order valence-electron chi connectivity index (χ3n) is 5.04. The first-order chi connectivity index (χ1) is 13.4. The van der Waals surface area contributed by atoms with Crippen LogP contribution in [0.5, 0.6) is 0 Å². The summed E-state index contributed by atoms with van der Waals surface area (Å²) in [5.74, 6) is 0.462. The fourth-order valence-corrected chi connectivity index (χ4v) is 3.96. The molecule has 3 aromatic rings. The molecule has 1 aliphatic heterocycles. The molecule has 2 atom stereocenters. The predicted octanol–water partition coefficient (Wildman–Crippen LogP) is 3.71. The van der Waals surface area contributed by atoms with Gasteiger partial charge in [-0.2, -0.15) is 0 Å². The van der Waals surface area contributed by atoms with Crippen molar-refractivity contribution in [3.8, 4) is 0 Å². The zero-order valence-electron chi connectivity index (χ0n) is 16.7. The number of aromatic nitrogens is 3. The number of fused-ring (bicyclic) bond motifs is 1. The van der Waals surface area contributed by atoms with Crippen LogP contribution in [0.25, 0.3) is 5.78 Å². The Balaban J connectivity index is 1.50. The minimum atomic E-state index is -0.224. The van der Waals surface area contributed by atoms with E-state index < -0.39 is 0 Å². The quantitative estimate of drug-likeness (QED) is 0.744. The van der Waals surface area contributed by atoms with Gasteiger partial charge in [-0.05, 0) is 52.0 Å². The van der Waals surface area contributed by atoms with Crippen LogP contribution >= 0.6 is 0 Å². The molecule has 0 unspecified atom stereocenters. The number of morpholine rings is 1. The van der Waals surface area contributed by atoms with Gasteiger partial charge in [-0.1, -0.05) is 0 Å². The number of nitrogens with zero attached hydrogens (tertiary/aromatic N) is 4. The Bertz CT molecular complexity index is 992. The van der Waals surface area contributed by atoms with E-state index in [1.807, 2.05) is 56.5 Å². The number of imidazole rings is 1. The number of hydrogen-bond acceptors (Lipinski definition) is 5. The molecular weight excluding hydrogens is 357 g/mol. The van der Waals surface area contributed by atoms with E-state index in [1.165, 1.54) is 0 Å². The Morgan fingerprint density at radius 1 is 1.18 bits per heavy atom. The van der Waals surface area contributed by atoms with Gasteiger partial charge in [-0.15, -0.1) is 0 Å². The van der Waals surface area contributed by atoms with Crippen molar-refractivity contribution in [2.24, 2.45) is 0 Å². The van der Waals surface area contributed by atoms with Crippen molar-refractivity contribution < 1.29 is 9.13 Å². The second-order valence-electron chi connectivity index (χ2n) is 7.61. The van der Waals surface area contributed by atoms with Crippen LogP contribution in [-0.2, 0) is 11.3 Å². The molecule has 1 aliphatic rings. The lowest BCUT2D eigenvalue weighted by Gasteiger charge is -2.37. The molecule has 0 spiro atoms. The summed E-state index contributed by atoms with van der Waals surface area (Å²) in [6, 6.07) is 7.34. The number of rotatable bonds is 4. The predicted molar refractivity (Wildman–Crippen MR) is 108 cm³/mol. The number of anilines is 2. The maximum atomic E-state index is 14.8. The number of halogens is 1. The van der Waals surface area contributed by atoms with Gasteiger partial charge in [-0.3, -0.25) is 4.40 Å². The Morgan fingerprint density at radius 2 is 1.93 bits per heavy atom. The Morgan fingerprint density at radius 3 is 2.64 bits per heavy atom. The van der Waals surface area contributed by atoms with Crippen molar-refractivity contribution in [1.29, 1.82) is 0 Å². The third-order valence-corrected chi connectivity index (χ3v) is 5.04. The van der Waals surface area contributed by atoms with Gasteiger partial charge in [-0.25, -0.2) is 14.4 Å². The minimum absolute atomic E-state index is 0.0941. The molecule has 148 valence electrons. The van der Waals surface area contributed by atoms with Crippen LogP contribution in [0.3, 0.4) is 0 Å². The normalized spacial score (nSPS) is 20.0. The van der Waals surface area contributed by atoms with Gasteiger partial charge < -0.3 is 15.0 Å². The van der Waals surface area contributed by atoms with E-state index in [0.29, 0.717) is 31.1 Å². The van der Waals surface area contributed by atoms with Crippen molar-refractivity contribution in [2.75, 3.05) is 23.3 Å². The van der Waals surface area contributed by atoms with E-state index in [2.05, 4.69) is 20.2 Å². The van der Waals surface area contributed by atoms with E-state index in [9.17, 15) is 4.39 Å². The highest BCUT2D eigenvalue weighted by molar-refractivity contribution is 5.57. The van der Waals surface area contributed by atoms with E-state index in [0.717, 1.165) is 22.8 Å². The van der Waals surface area contributed by atoms with Crippen molar-refractivity contribution in [2.45, 2.75) is 46.4 Å². The Hall–Kier alpha value is -2.67. The van der Waals surface area contributed by atoms with Crippen LogP contribution in [0.4, 0.5) is 15.8 Å². The van der Waals surface area contributed by atoms with Crippen LogP contribution in [-0.4, -0.2) is 39.7 Å². The van der Waals surface area contributed by atoms with Crippen LogP contribution in [0, 0.1) is 19.7 Å². The number of aryl methyl sites for hydroxylation is 2. The molecule has 4 rings (SSSR count). The lowest BCUT2D eigenvalue weighted by molar-refractivity contribution is -0.00539. The van der Waals surface area contributed by atoms with Gasteiger partial charge in [0, 0.05) is 30.2 Å². The first-order valence-corrected chi connectivity index (χ1v) is 9.65. The number of nitrogens with one attached hydrogen (secondary N) is 1. The maximum Gasteiger partial charge on any atom is 0.234 e. The maximum absolute atomic E-state index is 14.8. The molecule has 1 aromatic carbocycles. The van der Waals surface area contributed by atoms with Crippen LogP contribution < -0.4 is 10.2 Å². The molecule has 0 radical (unpaired) electrons. The lowest BCUT2D eigenvalue weighted by Crippen LogP contribution is -2.45. The summed E-state index contributed by atoms with van der Waals surface area (Å²) in [4.78, 5) is 10.9. The molecule has 1 fully saturated rings. The van der Waals surface area contributed by atoms with Crippen LogP contribution in [0.1, 0.15) is 30.9 Å². The Labute approximate surface area is 164 Å². The lowest BCUT2D eigenvalue weighted by atomic mass is 10.2. The molecule has 7 heteroatoms. The van der Waals surface area contributed by atoms with Crippen molar-refractivity contribution in [1.82, 2.24) is 14.4 Å². The van der Waals surface area contributed by atoms with Crippen molar-refractivity contribution in [3.63, 3.8) is 0 Å². The molecule has 0 aliphatic carbocycles. The topological polar surface area (TPSA) is 54.7 Å². The molecular formula is C21H26FN5O. The fraction of sp³-hybridized carbons (Fsp3) is 0.429. The van der Waals surface area contributed by atoms with E-state index >= 15 is 0 Å². The molecule has 3 heterocycles. The average Bonchev–Trinajstić information content (AvgIpc) is 3.02. The summed E-state index contributed by atoms with van der Waals surface area (Å²) in [6.45, 7) is 9.96. The first kappa shape index (κ1) is 18.7. The van der Waals surface area contributed by atoms with Crippen LogP contribution in [0.2, 0.25) is 0 Å². The zero-order valence-corrected chi connectivity index (χ0v) is 16.7. The number of hydrogen-bond donors (Lipinski definition) is 1. The fourth-order valence-electron chi connectivity index (χ4n) is 3.96. The molecule has 1 saturated heterocycles. The third kappa shape index (κ3) is 3.67. The molecule has 6 nitrogen and oxygen atoms in total. The largest absolute Gasteiger partial charge is 0.379 e. The molecule has 1 N–H and O–H groups in total. The molecule has 0 bridgehead atoms. The monoisotopic (exact) mass is 383 g/mol. The van der Waals surface area contributed by atoms with E-state index in [1.54, 1.807) is 6.07 Å². The van der Waals surface area contributed by atoms with Crippen molar-refractivity contribution >= 4 is 17.2 Å².